The largest absolute Gasteiger partial charge is 0.495 e. The van der Waals surface area contributed by atoms with Crippen LogP contribution >= 0.6 is 23.4 Å². The second-order valence-corrected chi connectivity index (χ2v) is 5.62. The third-order valence-corrected chi connectivity index (χ3v) is 4.04. The minimum atomic E-state index is -0.664. The maximum atomic E-state index is 13.8. The topological polar surface area (TPSA) is 89.3 Å². The number of ether oxygens (including phenoxy) is 2. The fourth-order valence-corrected chi connectivity index (χ4v) is 2.62. The molecule has 1 amide bonds. The Morgan fingerprint density at radius 2 is 2.17 bits per heavy atom. The van der Waals surface area contributed by atoms with Gasteiger partial charge in [-0.05, 0) is 23.9 Å². The summed E-state index contributed by atoms with van der Waals surface area (Å²) in [7, 11) is 2.60. The van der Waals surface area contributed by atoms with Gasteiger partial charge in [-0.15, -0.1) is 5.10 Å². The van der Waals surface area contributed by atoms with E-state index in [9.17, 15) is 14.0 Å². The number of nitrogens with one attached hydrogen (secondary N) is 1. The van der Waals surface area contributed by atoms with Crippen molar-refractivity contribution in [1.29, 1.82) is 0 Å². The zero-order valence-electron chi connectivity index (χ0n) is 12.5. The van der Waals surface area contributed by atoms with Crippen LogP contribution < -0.4 is 10.1 Å². The first kappa shape index (κ1) is 18.0. The quantitative estimate of drug-likeness (QED) is 0.379. The number of methoxy groups -OCH3 is 2. The standard InChI is InChI=1S/C14H11ClFN3O4S/c1-22-9-4-3-8(16)7(12(9)15)6-17-19-14-18-13(21)10(24-14)5-11(20)23-2/h3-6H,1-2H3,(H,18,19,21)/b10-5+,17-6?. The Kier molecular flexibility index (Phi) is 5.93. The number of halogens is 2. The monoisotopic (exact) mass is 371 g/mol. The molecule has 1 heterocycles. The molecule has 10 heteroatoms. The molecule has 126 valence electrons. The summed E-state index contributed by atoms with van der Waals surface area (Å²) >= 11 is 6.89. The van der Waals surface area contributed by atoms with Gasteiger partial charge in [-0.2, -0.15) is 5.10 Å². The highest BCUT2D eigenvalue weighted by Crippen LogP contribution is 2.29. The fourth-order valence-electron chi connectivity index (χ4n) is 1.61. The molecular formula is C14H11ClFN3O4S. The number of carbonyl (C=O) groups is 2. The summed E-state index contributed by atoms with van der Waals surface area (Å²) in [4.78, 5) is 22.9. The number of benzene rings is 1. The molecule has 0 bridgehead atoms. The number of amidine groups is 1. The van der Waals surface area contributed by atoms with E-state index in [1.807, 2.05) is 0 Å². The van der Waals surface area contributed by atoms with Crippen LogP contribution in [-0.4, -0.2) is 37.5 Å². The van der Waals surface area contributed by atoms with Gasteiger partial charge in [0.05, 0.1) is 35.9 Å². The highest BCUT2D eigenvalue weighted by molar-refractivity contribution is 8.18. The smallest absolute Gasteiger partial charge is 0.331 e. The Labute approximate surface area is 145 Å². The molecule has 7 nitrogen and oxygen atoms in total. The molecule has 0 aromatic heterocycles. The van der Waals surface area contributed by atoms with Gasteiger partial charge in [-0.1, -0.05) is 11.6 Å². The van der Waals surface area contributed by atoms with Crippen molar-refractivity contribution < 1.29 is 23.5 Å². The number of hydrogen-bond acceptors (Lipinski definition) is 7. The van der Waals surface area contributed by atoms with Crippen molar-refractivity contribution in [2.24, 2.45) is 10.2 Å². The molecule has 1 aromatic carbocycles. The first-order valence-corrected chi connectivity index (χ1v) is 7.57. The second kappa shape index (κ2) is 7.93. The number of amides is 1. The predicted octanol–water partition coefficient (Wildman–Crippen LogP) is 2.10. The average Bonchev–Trinajstić information content (AvgIpc) is 2.90. The Bertz CT molecular complexity index is 780. The van der Waals surface area contributed by atoms with E-state index in [1.165, 1.54) is 26.4 Å². The van der Waals surface area contributed by atoms with Crippen molar-refractivity contribution in [2.45, 2.75) is 0 Å². The molecule has 0 unspecified atom stereocenters. The molecule has 0 aliphatic carbocycles. The summed E-state index contributed by atoms with van der Waals surface area (Å²) in [6.07, 6.45) is 2.13. The summed E-state index contributed by atoms with van der Waals surface area (Å²) in [6, 6.07) is 2.57. The maximum absolute atomic E-state index is 13.8. The Balaban J connectivity index is 2.18. The van der Waals surface area contributed by atoms with E-state index in [0.717, 1.165) is 24.1 Å². The molecule has 0 radical (unpaired) electrons. The lowest BCUT2D eigenvalue weighted by molar-refractivity contribution is -0.135. The molecular weight excluding hydrogens is 361 g/mol. The summed E-state index contributed by atoms with van der Waals surface area (Å²) in [5, 5.41) is 10.0. The highest BCUT2D eigenvalue weighted by atomic mass is 35.5. The van der Waals surface area contributed by atoms with Gasteiger partial charge in [0.1, 0.15) is 11.6 Å². The van der Waals surface area contributed by atoms with Crippen LogP contribution in [-0.2, 0) is 14.3 Å². The molecule has 0 atom stereocenters. The third-order valence-electron chi connectivity index (χ3n) is 2.75. The van der Waals surface area contributed by atoms with E-state index in [0.29, 0.717) is 5.75 Å². The lowest BCUT2D eigenvalue weighted by atomic mass is 10.2. The Morgan fingerprint density at radius 3 is 2.83 bits per heavy atom. The maximum Gasteiger partial charge on any atom is 0.331 e. The summed E-state index contributed by atoms with van der Waals surface area (Å²) in [5.74, 6) is -1.48. The van der Waals surface area contributed by atoms with E-state index >= 15 is 0 Å². The molecule has 1 fully saturated rings. The molecule has 2 rings (SSSR count). The highest BCUT2D eigenvalue weighted by Gasteiger charge is 2.25. The van der Waals surface area contributed by atoms with Crippen molar-refractivity contribution in [2.75, 3.05) is 14.2 Å². The molecule has 0 saturated carbocycles. The van der Waals surface area contributed by atoms with Gasteiger partial charge in [0, 0.05) is 6.08 Å². The van der Waals surface area contributed by atoms with Gasteiger partial charge in [0.25, 0.3) is 5.91 Å². The summed E-state index contributed by atoms with van der Waals surface area (Å²) in [6.45, 7) is 0. The SMILES string of the molecule is COC(=O)/C=C1/S/C(=N\N=Cc2c(F)ccc(OC)c2Cl)NC1=O. The zero-order valence-corrected chi connectivity index (χ0v) is 14.1. The van der Waals surface area contributed by atoms with Gasteiger partial charge in [-0.3, -0.25) is 10.1 Å². The summed E-state index contributed by atoms with van der Waals surface area (Å²) in [5.41, 5.74) is 0.0000152. The van der Waals surface area contributed by atoms with Crippen molar-refractivity contribution >= 4 is 46.6 Å². The van der Waals surface area contributed by atoms with E-state index in [-0.39, 0.29) is 20.7 Å². The van der Waals surface area contributed by atoms with E-state index in [1.54, 1.807) is 0 Å². The number of esters is 1. The molecule has 1 aliphatic heterocycles. The van der Waals surface area contributed by atoms with E-state index in [2.05, 4.69) is 20.3 Å². The number of thioether (sulfide) groups is 1. The van der Waals surface area contributed by atoms with Crippen LogP contribution in [0.3, 0.4) is 0 Å². The van der Waals surface area contributed by atoms with Crippen molar-refractivity contribution in [3.63, 3.8) is 0 Å². The lowest BCUT2D eigenvalue weighted by Gasteiger charge is -2.05. The molecule has 0 spiro atoms. The summed E-state index contributed by atoms with van der Waals surface area (Å²) < 4.78 is 23.2. The van der Waals surface area contributed by atoms with Gasteiger partial charge in [0.2, 0.25) is 0 Å². The third kappa shape index (κ3) is 4.12. The van der Waals surface area contributed by atoms with E-state index in [4.69, 9.17) is 16.3 Å². The number of rotatable bonds is 4. The Hall–Kier alpha value is -2.39. The lowest BCUT2D eigenvalue weighted by Crippen LogP contribution is -2.19. The van der Waals surface area contributed by atoms with Crippen LogP contribution in [0.1, 0.15) is 5.56 Å². The van der Waals surface area contributed by atoms with Crippen LogP contribution in [0.25, 0.3) is 0 Å². The van der Waals surface area contributed by atoms with Crippen molar-refractivity contribution in [3.8, 4) is 5.75 Å². The number of hydrogen-bond donors (Lipinski definition) is 1. The van der Waals surface area contributed by atoms with Gasteiger partial charge in [0.15, 0.2) is 5.17 Å². The minimum Gasteiger partial charge on any atom is -0.495 e. The average molecular weight is 372 g/mol. The van der Waals surface area contributed by atoms with Crippen LogP contribution in [0.2, 0.25) is 5.02 Å². The van der Waals surface area contributed by atoms with Crippen LogP contribution in [0.15, 0.2) is 33.3 Å². The predicted molar refractivity (Wildman–Crippen MR) is 88.8 cm³/mol. The van der Waals surface area contributed by atoms with Crippen LogP contribution in [0.5, 0.6) is 5.75 Å². The fraction of sp³-hybridized carbons (Fsp3) is 0.143. The van der Waals surface area contributed by atoms with Gasteiger partial charge >= 0.3 is 5.97 Å². The molecule has 1 N–H and O–H groups in total. The van der Waals surface area contributed by atoms with Gasteiger partial charge in [-0.25, -0.2) is 9.18 Å². The number of nitrogens with zero attached hydrogens (tertiary/aromatic N) is 2. The molecule has 24 heavy (non-hydrogen) atoms. The van der Waals surface area contributed by atoms with E-state index < -0.39 is 17.7 Å². The zero-order chi connectivity index (χ0) is 17.7. The van der Waals surface area contributed by atoms with Crippen LogP contribution in [0, 0.1) is 5.82 Å². The Morgan fingerprint density at radius 1 is 1.42 bits per heavy atom. The molecule has 1 aliphatic rings. The van der Waals surface area contributed by atoms with Gasteiger partial charge < -0.3 is 9.47 Å². The first-order valence-electron chi connectivity index (χ1n) is 6.38. The molecule has 1 aromatic rings. The normalized spacial score (nSPS) is 17.6. The minimum absolute atomic E-state index is 0.0000152. The second-order valence-electron chi connectivity index (χ2n) is 4.21. The first-order chi connectivity index (χ1) is 11.5. The van der Waals surface area contributed by atoms with Crippen molar-refractivity contribution in [3.05, 3.63) is 39.5 Å². The molecule has 1 saturated heterocycles. The van der Waals surface area contributed by atoms with Crippen molar-refractivity contribution in [1.82, 2.24) is 5.32 Å². The van der Waals surface area contributed by atoms with Crippen LogP contribution in [0.4, 0.5) is 4.39 Å². The number of carbonyl (C=O) groups excluding carboxylic acids is 2.